The Morgan fingerprint density at radius 2 is 2.06 bits per heavy atom. The number of rotatable bonds is 4. The van der Waals surface area contributed by atoms with Crippen LogP contribution in [0.4, 0.5) is 0 Å². The summed E-state index contributed by atoms with van der Waals surface area (Å²) >= 11 is 0. The topological polar surface area (TPSA) is 51.6 Å². The highest BCUT2D eigenvalue weighted by molar-refractivity contribution is 5.15. The highest BCUT2D eigenvalue weighted by Crippen LogP contribution is 2.22. The van der Waals surface area contributed by atoms with Gasteiger partial charge in [-0.15, -0.1) is 0 Å². The number of pyridine rings is 1. The second kappa shape index (κ2) is 5.98. The molecule has 1 aromatic rings. The van der Waals surface area contributed by atoms with Gasteiger partial charge in [-0.05, 0) is 31.7 Å². The van der Waals surface area contributed by atoms with E-state index in [1.54, 1.807) is 7.11 Å². The van der Waals surface area contributed by atoms with Crippen molar-refractivity contribution in [2.45, 2.75) is 44.5 Å². The Kier molecular flexibility index (Phi) is 4.34. The fraction of sp³-hybridized carbons (Fsp3) is 0.615. The molecule has 0 unspecified atom stereocenters. The highest BCUT2D eigenvalue weighted by atomic mass is 16.5. The summed E-state index contributed by atoms with van der Waals surface area (Å²) in [6.07, 6.45) is 3.68. The third kappa shape index (κ3) is 3.68. The summed E-state index contributed by atoms with van der Waals surface area (Å²) in [4.78, 5) is 4.29. The van der Waals surface area contributed by atoms with Crippen LogP contribution < -0.4 is 4.74 Å². The van der Waals surface area contributed by atoms with E-state index in [0.29, 0.717) is 12.5 Å². The van der Waals surface area contributed by atoms with Crippen molar-refractivity contribution in [1.29, 1.82) is 0 Å². The van der Waals surface area contributed by atoms with Gasteiger partial charge in [0.1, 0.15) is 0 Å². The smallest absolute Gasteiger partial charge is 0.213 e. The molecule has 2 rings (SSSR count). The average molecular weight is 237 g/mol. The standard InChI is InChI=1S/C13H19NO3/c1-16-13-4-2-3-10(14-13)9-17-12-7-5-11(15)6-8-12/h2-4,11-12,15H,5-9H2,1H3. The van der Waals surface area contributed by atoms with E-state index >= 15 is 0 Å². The van der Waals surface area contributed by atoms with Crippen LogP contribution in [0.15, 0.2) is 18.2 Å². The summed E-state index contributed by atoms with van der Waals surface area (Å²) in [5.41, 5.74) is 0.885. The van der Waals surface area contributed by atoms with Gasteiger partial charge in [0, 0.05) is 6.07 Å². The first-order valence-corrected chi connectivity index (χ1v) is 6.07. The van der Waals surface area contributed by atoms with Crippen molar-refractivity contribution in [3.63, 3.8) is 0 Å². The van der Waals surface area contributed by atoms with Gasteiger partial charge in [-0.25, -0.2) is 4.98 Å². The van der Waals surface area contributed by atoms with Crippen molar-refractivity contribution in [2.75, 3.05) is 7.11 Å². The van der Waals surface area contributed by atoms with Crippen LogP contribution in [0.3, 0.4) is 0 Å². The molecule has 0 amide bonds. The largest absolute Gasteiger partial charge is 0.481 e. The van der Waals surface area contributed by atoms with E-state index in [9.17, 15) is 5.11 Å². The second-order valence-electron chi connectivity index (χ2n) is 4.41. The predicted molar refractivity (Wildman–Crippen MR) is 63.8 cm³/mol. The molecule has 0 saturated heterocycles. The molecule has 0 atom stereocenters. The monoisotopic (exact) mass is 237 g/mol. The summed E-state index contributed by atoms with van der Waals surface area (Å²) in [6.45, 7) is 0.512. The molecule has 1 aliphatic carbocycles. The fourth-order valence-electron chi connectivity index (χ4n) is 2.07. The molecule has 94 valence electrons. The number of hydrogen-bond donors (Lipinski definition) is 1. The van der Waals surface area contributed by atoms with Gasteiger partial charge in [-0.2, -0.15) is 0 Å². The lowest BCUT2D eigenvalue weighted by atomic mass is 9.95. The van der Waals surface area contributed by atoms with Gasteiger partial charge in [-0.1, -0.05) is 6.07 Å². The lowest BCUT2D eigenvalue weighted by Gasteiger charge is -2.25. The minimum atomic E-state index is -0.134. The van der Waals surface area contributed by atoms with Crippen molar-refractivity contribution in [3.05, 3.63) is 23.9 Å². The van der Waals surface area contributed by atoms with Gasteiger partial charge >= 0.3 is 0 Å². The molecule has 17 heavy (non-hydrogen) atoms. The minimum absolute atomic E-state index is 0.134. The Balaban J connectivity index is 1.81. The third-order valence-electron chi connectivity index (χ3n) is 3.10. The maximum atomic E-state index is 9.40. The van der Waals surface area contributed by atoms with Gasteiger partial charge < -0.3 is 14.6 Å². The SMILES string of the molecule is COc1cccc(COC2CCC(O)CC2)n1. The van der Waals surface area contributed by atoms with Crippen LogP contribution in [-0.4, -0.2) is 29.4 Å². The Morgan fingerprint density at radius 1 is 1.29 bits per heavy atom. The minimum Gasteiger partial charge on any atom is -0.481 e. The number of aliphatic hydroxyl groups is 1. The van der Waals surface area contributed by atoms with E-state index in [1.165, 1.54) is 0 Å². The van der Waals surface area contributed by atoms with Crippen LogP contribution in [0.2, 0.25) is 0 Å². The molecule has 0 aliphatic heterocycles. The van der Waals surface area contributed by atoms with E-state index in [-0.39, 0.29) is 12.2 Å². The summed E-state index contributed by atoms with van der Waals surface area (Å²) in [5.74, 6) is 0.616. The molecule has 1 fully saturated rings. The van der Waals surface area contributed by atoms with Gasteiger partial charge in [-0.3, -0.25) is 0 Å². The van der Waals surface area contributed by atoms with Crippen molar-refractivity contribution in [3.8, 4) is 5.88 Å². The van der Waals surface area contributed by atoms with Gasteiger partial charge in [0.2, 0.25) is 5.88 Å². The number of hydrogen-bond acceptors (Lipinski definition) is 4. The number of ether oxygens (including phenoxy) is 2. The first-order chi connectivity index (χ1) is 8.28. The Bertz CT molecular complexity index is 348. The van der Waals surface area contributed by atoms with Crippen LogP contribution in [0.25, 0.3) is 0 Å². The zero-order valence-electron chi connectivity index (χ0n) is 10.1. The summed E-state index contributed by atoms with van der Waals surface area (Å²) in [5, 5.41) is 9.40. The molecule has 0 spiro atoms. The van der Waals surface area contributed by atoms with E-state index in [0.717, 1.165) is 31.4 Å². The lowest BCUT2D eigenvalue weighted by molar-refractivity contribution is -0.0130. The maximum absolute atomic E-state index is 9.40. The molecule has 1 aromatic heterocycles. The summed E-state index contributed by atoms with van der Waals surface area (Å²) < 4.78 is 10.8. The molecule has 1 saturated carbocycles. The summed E-state index contributed by atoms with van der Waals surface area (Å²) in [6, 6.07) is 5.66. The summed E-state index contributed by atoms with van der Waals surface area (Å²) in [7, 11) is 1.61. The molecule has 4 heteroatoms. The van der Waals surface area contributed by atoms with Crippen LogP contribution >= 0.6 is 0 Å². The predicted octanol–water partition coefficient (Wildman–Crippen LogP) is 1.91. The molecule has 0 bridgehead atoms. The molecule has 1 aliphatic rings. The lowest BCUT2D eigenvalue weighted by Crippen LogP contribution is -2.24. The third-order valence-corrected chi connectivity index (χ3v) is 3.10. The molecule has 1 N–H and O–H groups in total. The highest BCUT2D eigenvalue weighted by Gasteiger charge is 2.19. The molecule has 0 aromatic carbocycles. The number of methoxy groups -OCH3 is 1. The van der Waals surface area contributed by atoms with Gasteiger partial charge in [0.05, 0.1) is 31.6 Å². The van der Waals surface area contributed by atoms with E-state index in [2.05, 4.69) is 4.98 Å². The molecule has 0 radical (unpaired) electrons. The first kappa shape index (κ1) is 12.3. The number of aliphatic hydroxyl groups excluding tert-OH is 1. The van der Waals surface area contributed by atoms with Crippen molar-refractivity contribution < 1.29 is 14.6 Å². The number of aromatic nitrogens is 1. The average Bonchev–Trinajstić information content (AvgIpc) is 2.38. The molecule has 1 heterocycles. The van der Waals surface area contributed by atoms with Crippen molar-refractivity contribution in [2.24, 2.45) is 0 Å². The van der Waals surface area contributed by atoms with Crippen LogP contribution in [0.1, 0.15) is 31.4 Å². The zero-order valence-corrected chi connectivity index (χ0v) is 10.1. The molecular formula is C13H19NO3. The molecule has 4 nitrogen and oxygen atoms in total. The second-order valence-corrected chi connectivity index (χ2v) is 4.41. The van der Waals surface area contributed by atoms with Crippen molar-refractivity contribution in [1.82, 2.24) is 4.98 Å². The Hall–Kier alpha value is -1.13. The van der Waals surface area contributed by atoms with Crippen molar-refractivity contribution >= 4 is 0 Å². The molecular weight excluding hydrogens is 218 g/mol. The van der Waals surface area contributed by atoms with E-state index in [1.807, 2.05) is 18.2 Å². The Labute approximate surface area is 102 Å². The zero-order chi connectivity index (χ0) is 12.1. The first-order valence-electron chi connectivity index (χ1n) is 6.07. The fourth-order valence-corrected chi connectivity index (χ4v) is 2.07. The van der Waals surface area contributed by atoms with Crippen LogP contribution in [0.5, 0.6) is 5.88 Å². The maximum Gasteiger partial charge on any atom is 0.213 e. The normalized spacial score (nSPS) is 24.6. The van der Waals surface area contributed by atoms with Gasteiger partial charge in [0.25, 0.3) is 0 Å². The number of nitrogens with zero attached hydrogens (tertiary/aromatic N) is 1. The quantitative estimate of drug-likeness (QED) is 0.869. The Morgan fingerprint density at radius 3 is 2.76 bits per heavy atom. The van der Waals surface area contributed by atoms with Crippen LogP contribution in [0, 0.1) is 0 Å². The van der Waals surface area contributed by atoms with Crippen LogP contribution in [-0.2, 0) is 11.3 Å². The van der Waals surface area contributed by atoms with Gasteiger partial charge in [0.15, 0.2) is 0 Å². The van der Waals surface area contributed by atoms with E-state index < -0.39 is 0 Å². The van der Waals surface area contributed by atoms with E-state index in [4.69, 9.17) is 9.47 Å².